The maximum Gasteiger partial charge on any atom is 0.270 e. The topological polar surface area (TPSA) is 118 Å². The molecular weight excluding hydrogens is 418 g/mol. The number of nitrogens with one attached hydrogen (secondary N) is 2. The monoisotopic (exact) mass is 437 g/mol. The van der Waals surface area contributed by atoms with E-state index in [1.807, 2.05) is 12.1 Å². The van der Waals surface area contributed by atoms with Gasteiger partial charge in [0.2, 0.25) is 15.9 Å². The van der Waals surface area contributed by atoms with E-state index in [1.54, 1.807) is 12.1 Å². The Labute approximate surface area is 173 Å². The third-order valence-corrected chi connectivity index (χ3v) is 6.79. The quantitative estimate of drug-likeness (QED) is 0.374. The van der Waals surface area contributed by atoms with Crippen LogP contribution in [0.15, 0.2) is 53.4 Å². The molecule has 2 aromatic rings. The number of nitrogens with zero attached hydrogens (tertiary/aromatic N) is 1. The van der Waals surface area contributed by atoms with E-state index in [1.165, 1.54) is 18.2 Å². The van der Waals surface area contributed by atoms with E-state index in [2.05, 4.69) is 10.0 Å². The molecule has 0 unspecified atom stereocenters. The molecule has 0 aromatic heterocycles. The SMILES string of the molecule is O=C(NCCNS(=O)(=O)c1cccc([N+](=O)[O-])c1)C1(c2ccc(Cl)cc2)CCC1. The van der Waals surface area contributed by atoms with Crippen LogP contribution in [0.2, 0.25) is 5.02 Å². The smallest absolute Gasteiger partial charge is 0.270 e. The fourth-order valence-electron chi connectivity index (χ4n) is 3.32. The molecule has 10 heteroatoms. The van der Waals surface area contributed by atoms with Crippen LogP contribution in [0, 0.1) is 10.1 Å². The van der Waals surface area contributed by atoms with Gasteiger partial charge < -0.3 is 5.32 Å². The van der Waals surface area contributed by atoms with E-state index in [0.717, 1.165) is 30.9 Å². The minimum atomic E-state index is -3.92. The first-order chi connectivity index (χ1) is 13.7. The van der Waals surface area contributed by atoms with Crippen LogP contribution in [-0.2, 0) is 20.2 Å². The summed E-state index contributed by atoms with van der Waals surface area (Å²) >= 11 is 5.92. The summed E-state index contributed by atoms with van der Waals surface area (Å²) in [6.07, 6.45) is 2.38. The van der Waals surface area contributed by atoms with Crippen molar-refractivity contribution in [2.75, 3.05) is 13.1 Å². The molecule has 2 N–H and O–H groups in total. The normalized spacial score (nSPS) is 15.3. The number of nitro groups is 1. The molecule has 0 atom stereocenters. The van der Waals surface area contributed by atoms with Gasteiger partial charge in [-0.3, -0.25) is 14.9 Å². The van der Waals surface area contributed by atoms with Gasteiger partial charge in [0.05, 0.1) is 15.2 Å². The molecular formula is C19H20ClN3O5S. The van der Waals surface area contributed by atoms with E-state index in [4.69, 9.17) is 11.6 Å². The fourth-order valence-corrected chi connectivity index (χ4v) is 4.52. The second-order valence-corrected chi connectivity index (χ2v) is 9.05. The molecule has 0 heterocycles. The van der Waals surface area contributed by atoms with Gasteiger partial charge in [0.15, 0.2) is 0 Å². The predicted molar refractivity (Wildman–Crippen MR) is 108 cm³/mol. The lowest BCUT2D eigenvalue weighted by atomic mass is 9.64. The van der Waals surface area contributed by atoms with Crippen LogP contribution in [0.1, 0.15) is 24.8 Å². The van der Waals surface area contributed by atoms with Crippen molar-refractivity contribution in [3.8, 4) is 0 Å². The summed E-state index contributed by atoms with van der Waals surface area (Å²) in [6, 6.07) is 12.0. The van der Waals surface area contributed by atoms with Crippen LogP contribution in [0.4, 0.5) is 5.69 Å². The van der Waals surface area contributed by atoms with Crippen molar-refractivity contribution >= 4 is 33.2 Å². The van der Waals surface area contributed by atoms with Crippen LogP contribution >= 0.6 is 11.6 Å². The van der Waals surface area contributed by atoms with Crippen LogP contribution in [0.5, 0.6) is 0 Å². The molecule has 2 aromatic carbocycles. The van der Waals surface area contributed by atoms with Gasteiger partial charge in [-0.15, -0.1) is 0 Å². The predicted octanol–water partition coefficient (Wildman–Crippen LogP) is 2.76. The number of hydrogen-bond donors (Lipinski definition) is 2. The highest BCUT2D eigenvalue weighted by molar-refractivity contribution is 7.89. The number of hydrogen-bond acceptors (Lipinski definition) is 5. The Morgan fingerprint density at radius 2 is 1.83 bits per heavy atom. The Kier molecular flexibility index (Phi) is 6.21. The standard InChI is InChI=1S/C19H20ClN3O5S/c20-15-7-5-14(6-8-15)19(9-2-10-19)18(24)21-11-12-22-29(27,28)17-4-1-3-16(13-17)23(25)26/h1,3-8,13,22H,2,9-12H2,(H,21,24). The Bertz CT molecular complexity index is 1020. The average molecular weight is 438 g/mol. The number of rotatable bonds is 8. The van der Waals surface area contributed by atoms with Gasteiger partial charge in [0.1, 0.15) is 0 Å². The van der Waals surface area contributed by atoms with E-state index < -0.39 is 20.4 Å². The Hall–Kier alpha value is -2.49. The lowest BCUT2D eigenvalue weighted by Gasteiger charge is -2.40. The van der Waals surface area contributed by atoms with Crippen molar-refractivity contribution in [3.05, 3.63) is 69.2 Å². The Morgan fingerprint density at radius 1 is 1.14 bits per heavy atom. The summed E-state index contributed by atoms with van der Waals surface area (Å²) in [5.41, 5.74) is -0.0253. The van der Waals surface area contributed by atoms with Crippen molar-refractivity contribution in [2.24, 2.45) is 0 Å². The molecule has 8 nitrogen and oxygen atoms in total. The summed E-state index contributed by atoms with van der Waals surface area (Å²) in [7, 11) is -3.92. The molecule has 1 saturated carbocycles. The highest BCUT2D eigenvalue weighted by Gasteiger charge is 2.45. The van der Waals surface area contributed by atoms with Gasteiger partial charge in [-0.1, -0.05) is 36.2 Å². The first kappa shape index (κ1) is 21.2. The van der Waals surface area contributed by atoms with Gasteiger partial charge in [-0.25, -0.2) is 13.1 Å². The van der Waals surface area contributed by atoms with Gasteiger partial charge in [0, 0.05) is 30.2 Å². The van der Waals surface area contributed by atoms with Crippen molar-refractivity contribution in [3.63, 3.8) is 0 Å². The number of nitro benzene ring substituents is 1. The molecule has 0 spiro atoms. The van der Waals surface area contributed by atoms with E-state index >= 15 is 0 Å². The summed E-state index contributed by atoms with van der Waals surface area (Å²) in [4.78, 5) is 22.7. The lowest BCUT2D eigenvalue weighted by Crippen LogP contribution is -2.50. The zero-order valence-corrected chi connectivity index (χ0v) is 17.0. The number of carbonyl (C=O) groups excluding carboxylic acids is 1. The Morgan fingerprint density at radius 3 is 2.41 bits per heavy atom. The van der Waals surface area contributed by atoms with Crippen molar-refractivity contribution in [1.82, 2.24) is 10.0 Å². The maximum atomic E-state index is 12.8. The van der Waals surface area contributed by atoms with E-state index in [9.17, 15) is 23.3 Å². The molecule has 1 amide bonds. The molecule has 0 radical (unpaired) electrons. The van der Waals surface area contributed by atoms with Crippen LogP contribution in [0.25, 0.3) is 0 Å². The fraction of sp³-hybridized carbons (Fsp3) is 0.316. The molecule has 154 valence electrons. The van der Waals surface area contributed by atoms with Crippen LogP contribution in [0.3, 0.4) is 0 Å². The maximum absolute atomic E-state index is 12.8. The molecule has 29 heavy (non-hydrogen) atoms. The van der Waals surface area contributed by atoms with Gasteiger partial charge in [0.25, 0.3) is 5.69 Å². The summed E-state index contributed by atoms with van der Waals surface area (Å²) < 4.78 is 27.0. The molecule has 1 fully saturated rings. The second kappa shape index (κ2) is 8.48. The number of carbonyl (C=O) groups is 1. The third-order valence-electron chi connectivity index (χ3n) is 5.08. The second-order valence-electron chi connectivity index (χ2n) is 6.85. The molecule has 1 aliphatic carbocycles. The van der Waals surface area contributed by atoms with Crippen LogP contribution < -0.4 is 10.0 Å². The van der Waals surface area contributed by atoms with Gasteiger partial charge >= 0.3 is 0 Å². The number of halogens is 1. The molecule has 0 aliphatic heterocycles. The molecule has 0 saturated heterocycles. The van der Waals surface area contributed by atoms with Crippen molar-refractivity contribution in [2.45, 2.75) is 29.6 Å². The third kappa shape index (κ3) is 4.58. The largest absolute Gasteiger partial charge is 0.354 e. The minimum absolute atomic E-state index is 0.0343. The Balaban J connectivity index is 1.58. The molecule has 0 bridgehead atoms. The highest BCUT2D eigenvalue weighted by atomic mass is 35.5. The number of benzene rings is 2. The number of amides is 1. The molecule has 1 aliphatic rings. The summed E-state index contributed by atoms with van der Waals surface area (Å²) in [5, 5.41) is 14.2. The van der Waals surface area contributed by atoms with Gasteiger partial charge in [-0.2, -0.15) is 0 Å². The summed E-state index contributed by atoms with van der Waals surface area (Å²) in [5.74, 6) is -0.152. The van der Waals surface area contributed by atoms with Crippen LogP contribution in [-0.4, -0.2) is 32.3 Å². The van der Waals surface area contributed by atoms with Crippen molar-refractivity contribution < 1.29 is 18.1 Å². The van der Waals surface area contributed by atoms with Gasteiger partial charge in [-0.05, 0) is 36.6 Å². The zero-order chi connectivity index (χ0) is 21.1. The zero-order valence-electron chi connectivity index (χ0n) is 15.4. The first-order valence-electron chi connectivity index (χ1n) is 9.03. The molecule has 3 rings (SSSR count). The summed E-state index contributed by atoms with van der Waals surface area (Å²) in [6.45, 7) is 0.0653. The first-order valence-corrected chi connectivity index (χ1v) is 10.9. The number of sulfonamides is 1. The van der Waals surface area contributed by atoms with E-state index in [0.29, 0.717) is 5.02 Å². The average Bonchev–Trinajstić information content (AvgIpc) is 2.66. The number of non-ortho nitro benzene ring substituents is 1. The van der Waals surface area contributed by atoms with Crippen molar-refractivity contribution in [1.29, 1.82) is 0 Å². The highest BCUT2D eigenvalue weighted by Crippen LogP contribution is 2.44. The lowest BCUT2D eigenvalue weighted by molar-refractivity contribution is -0.385. The minimum Gasteiger partial charge on any atom is -0.354 e. The van der Waals surface area contributed by atoms with E-state index in [-0.39, 0.29) is 29.6 Å².